The minimum atomic E-state index is -2.69. The molecule has 0 aromatic heterocycles. The summed E-state index contributed by atoms with van der Waals surface area (Å²) in [5.74, 6) is -0.833. The highest BCUT2D eigenvalue weighted by Crippen LogP contribution is 2.04. The molecule has 0 spiro atoms. The summed E-state index contributed by atoms with van der Waals surface area (Å²) in [7, 11) is 3.26. The van der Waals surface area contributed by atoms with E-state index in [-0.39, 0.29) is 0 Å². The lowest BCUT2D eigenvalue weighted by molar-refractivity contribution is -0.134. The Morgan fingerprint density at radius 2 is 1.15 bits per heavy atom. The van der Waals surface area contributed by atoms with Gasteiger partial charge in [0.25, 0.3) is 5.97 Å². The topological polar surface area (TPSA) is 74.2 Å². The molecule has 0 aromatic carbocycles. The molecule has 0 unspecified atom stereocenters. The van der Waals surface area contributed by atoms with Crippen molar-refractivity contribution in [1.82, 2.24) is 0 Å². The number of carboxylic acids is 1. The van der Waals surface area contributed by atoms with Gasteiger partial charge in [0.1, 0.15) is 0 Å². The predicted molar refractivity (Wildman–Crippen MR) is 47.1 cm³/mol. The highest BCUT2D eigenvalue weighted by atomic mass is 28.4. The van der Waals surface area contributed by atoms with Gasteiger partial charge in [0.2, 0.25) is 0 Å². The van der Waals surface area contributed by atoms with Crippen molar-refractivity contribution in [2.24, 2.45) is 0 Å². The van der Waals surface area contributed by atoms with Crippen LogP contribution < -0.4 is 0 Å². The first-order valence-corrected chi connectivity index (χ1v) is 5.01. The average Bonchev–Trinajstić information content (AvgIpc) is 2.09. The van der Waals surface area contributed by atoms with Gasteiger partial charge < -0.3 is 22.8 Å². The van der Waals surface area contributed by atoms with E-state index in [2.05, 4.69) is 0 Å². The number of aliphatic carboxylic acids is 1. The molecule has 0 saturated heterocycles. The molecule has 0 aliphatic heterocycles. The van der Waals surface area contributed by atoms with E-state index < -0.39 is 15.0 Å². The van der Waals surface area contributed by atoms with Crippen LogP contribution in [-0.2, 0) is 22.5 Å². The fraction of sp³-hybridized carbons (Fsp3) is 0.833. The normalized spacial score (nSPS) is 10.2. The lowest BCUT2D eigenvalue weighted by atomic mass is 10.9. The number of carboxylic acid groups (broad SMARTS) is 1. The molecule has 80 valence electrons. The van der Waals surface area contributed by atoms with Crippen molar-refractivity contribution in [3.63, 3.8) is 0 Å². The number of hydrogen-bond acceptors (Lipinski definition) is 5. The molecule has 0 heterocycles. The van der Waals surface area contributed by atoms with E-state index in [1.165, 1.54) is 28.4 Å². The quantitative estimate of drug-likeness (QED) is 0.666. The summed E-state index contributed by atoms with van der Waals surface area (Å²) in [6.45, 7) is 1.08. The highest BCUT2D eigenvalue weighted by molar-refractivity contribution is 6.53. The third-order valence-electron chi connectivity index (χ3n) is 1.00. The van der Waals surface area contributed by atoms with E-state index in [0.717, 1.165) is 6.92 Å². The molecule has 0 aliphatic carbocycles. The van der Waals surface area contributed by atoms with Crippen molar-refractivity contribution in [3.05, 3.63) is 0 Å². The van der Waals surface area contributed by atoms with Crippen molar-refractivity contribution >= 4 is 15.0 Å². The van der Waals surface area contributed by atoms with E-state index >= 15 is 0 Å². The van der Waals surface area contributed by atoms with Gasteiger partial charge >= 0.3 is 9.05 Å². The zero-order valence-corrected chi connectivity index (χ0v) is 9.49. The lowest BCUT2D eigenvalue weighted by Gasteiger charge is -2.19. The Labute approximate surface area is 78.9 Å². The van der Waals surface area contributed by atoms with Crippen LogP contribution in [0.3, 0.4) is 0 Å². The predicted octanol–water partition coefficient (Wildman–Crippen LogP) is 0.0985. The third kappa shape index (κ3) is 7.87. The van der Waals surface area contributed by atoms with Gasteiger partial charge in [-0.3, -0.25) is 4.79 Å². The fourth-order valence-electron chi connectivity index (χ4n) is 0.500. The Balaban J connectivity index is 0. The smallest absolute Gasteiger partial charge is 0.481 e. The summed E-state index contributed by atoms with van der Waals surface area (Å²) in [6, 6.07) is 0. The summed E-state index contributed by atoms with van der Waals surface area (Å²) in [6.07, 6.45) is 0. The molecule has 0 bridgehead atoms. The Hall–Kier alpha value is -0.473. The highest BCUT2D eigenvalue weighted by Gasteiger charge is 2.40. The molecule has 0 aliphatic rings. The summed E-state index contributed by atoms with van der Waals surface area (Å²) >= 11 is 0. The molecule has 0 amide bonds. The van der Waals surface area contributed by atoms with Crippen LogP contribution in [0.1, 0.15) is 6.92 Å². The SMILES string of the molecule is CC(=O)O.CO[Si](OC)(OC)OC. The van der Waals surface area contributed by atoms with Crippen LogP contribution in [0.15, 0.2) is 0 Å². The van der Waals surface area contributed by atoms with Crippen molar-refractivity contribution in [3.8, 4) is 0 Å². The maximum Gasteiger partial charge on any atom is 0.678 e. The second-order valence-corrected chi connectivity index (χ2v) is 4.47. The molecule has 7 heteroatoms. The monoisotopic (exact) mass is 212 g/mol. The van der Waals surface area contributed by atoms with Crippen LogP contribution in [0.2, 0.25) is 0 Å². The Bertz CT molecular complexity index is 114. The van der Waals surface area contributed by atoms with E-state index in [4.69, 9.17) is 27.6 Å². The van der Waals surface area contributed by atoms with E-state index in [1.807, 2.05) is 0 Å². The first kappa shape index (κ1) is 15.0. The van der Waals surface area contributed by atoms with Crippen LogP contribution in [0.4, 0.5) is 0 Å². The van der Waals surface area contributed by atoms with Crippen molar-refractivity contribution in [2.45, 2.75) is 6.92 Å². The Morgan fingerprint density at radius 1 is 1.00 bits per heavy atom. The summed E-state index contributed by atoms with van der Waals surface area (Å²) in [4.78, 5) is 9.00. The number of carbonyl (C=O) groups is 1. The van der Waals surface area contributed by atoms with Gasteiger partial charge in [-0.05, 0) is 0 Å². The maximum absolute atomic E-state index is 9.00. The zero-order chi connectivity index (χ0) is 10.9. The molecule has 0 rings (SSSR count). The average molecular weight is 212 g/mol. The molecule has 6 nitrogen and oxygen atoms in total. The van der Waals surface area contributed by atoms with Crippen LogP contribution in [0.5, 0.6) is 0 Å². The molecule has 0 aromatic rings. The molecule has 13 heavy (non-hydrogen) atoms. The molecule has 0 saturated carbocycles. The molecular formula is C6H16O6Si. The summed E-state index contributed by atoms with van der Waals surface area (Å²) in [5.41, 5.74) is 0. The Kier molecular flexibility index (Phi) is 9.40. The maximum atomic E-state index is 9.00. The standard InChI is InChI=1S/C4H12O4Si.C2H4O2/c1-5-9(6-2,7-3)8-4;1-2(3)4/h1-4H3;1H3,(H,3,4). The third-order valence-corrected chi connectivity index (χ3v) is 3.00. The first-order valence-electron chi connectivity index (χ1n) is 3.38. The van der Waals surface area contributed by atoms with Gasteiger partial charge in [-0.25, -0.2) is 0 Å². The van der Waals surface area contributed by atoms with Crippen molar-refractivity contribution in [2.75, 3.05) is 28.4 Å². The first-order chi connectivity index (χ1) is 5.97. The minimum absolute atomic E-state index is 0.833. The summed E-state index contributed by atoms with van der Waals surface area (Å²) in [5, 5.41) is 7.42. The summed E-state index contributed by atoms with van der Waals surface area (Å²) < 4.78 is 19.4. The number of rotatable bonds is 4. The van der Waals surface area contributed by atoms with E-state index in [0.29, 0.717) is 0 Å². The van der Waals surface area contributed by atoms with Gasteiger partial charge in [-0.1, -0.05) is 0 Å². The Morgan fingerprint density at radius 3 is 1.15 bits per heavy atom. The molecule has 0 atom stereocenters. The van der Waals surface area contributed by atoms with Crippen LogP contribution in [0.25, 0.3) is 0 Å². The molecular weight excluding hydrogens is 196 g/mol. The van der Waals surface area contributed by atoms with Gasteiger partial charge in [-0.2, -0.15) is 0 Å². The second-order valence-electron chi connectivity index (χ2n) is 1.84. The number of hydrogen-bond donors (Lipinski definition) is 1. The van der Waals surface area contributed by atoms with Gasteiger partial charge in [0.15, 0.2) is 0 Å². The van der Waals surface area contributed by atoms with Crippen LogP contribution in [0, 0.1) is 0 Å². The molecule has 0 radical (unpaired) electrons. The van der Waals surface area contributed by atoms with Gasteiger partial charge in [-0.15, -0.1) is 0 Å². The fourth-order valence-corrected chi connectivity index (χ4v) is 1.50. The van der Waals surface area contributed by atoms with Gasteiger partial charge in [0, 0.05) is 35.4 Å². The van der Waals surface area contributed by atoms with Gasteiger partial charge in [0.05, 0.1) is 0 Å². The lowest BCUT2D eigenvalue weighted by Crippen LogP contribution is -2.45. The van der Waals surface area contributed by atoms with Crippen LogP contribution >= 0.6 is 0 Å². The van der Waals surface area contributed by atoms with E-state index in [9.17, 15) is 0 Å². The minimum Gasteiger partial charge on any atom is -0.481 e. The van der Waals surface area contributed by atoms with Crippen LogP contribution in [-0.4, -0.2) is 48.6 Å². The molecule has 1 N–H and O–H groups in total. The van der Waals surface area contributed by atoms with Crippen molar-refractivity contribution < 1.29 is 27.6 Å². The van der Waals surface area contributed by atoms with Crippen molar-refractivity contribution in [1.29, 1.82) is 0 Å². The molecule has 0 fully saturated rings. The van der Waals surface area contributed by atoms with E-state index in [1.54, 1.807) is 0 Å². The largest absolute Gasteiger partial charge is 0.678 e. The zero-order valence-electron chi connectivity index (χ0n) is 8.49. The second kappa shape index (κ2) is 8.14.